The van der Waals surface area contributed by atoms with Crippen molar-refractivity contribution in [2.24, 2.45) is 5.10 Å². The standard InChI is InChI=1S/C25H24ClN5O4S/c1-3-30(4-2)18-11-9-17(10-12-18)15-22(28-24(32)20-7-5-6-8-21(20)26)25(33)29-27-16-19-13-14-23(36-19)31(34)35/h5-16H,3-4H2,1-2H3,(H,28,32)(H,29,33)/b22-15+,27-16-. The Hall–Kier alpha value is -4.02. The Bertz CT molecular complexity index is 1300. The van der Waals surface area contributed by atoms with Gasteiger partial charge in [-0.3, -0.25) is 19.7 Å². The molecule has 0 aliphatic carbocycles. The molecule has 0 bridgehead atoms. The maximum Gasteiger partial charge on any atom is 0.324 e. The smallest absolute Gasteiger partial charge is 0.324 e. The number of hydrazone groups is 1. The monoisotopic (exact) mass is 525 g/mol. The van der Waals surface area contributed by atoms with E-state index >= 15 is 0 Å². The fraction of sp³-hybridized carbons (Fsp3) is 0.160. The fourth-order valence-corrected chi connectivity index (χ4v) is 4.17. The van der Waals surface area contributed by atoms with Gasteiger partial charge in [0.25, 0.3) is 11.8 Å². The number of halogens is 1. The van der Waals surface area contributed by atoms with Crippen molar-refractivity contribution in [2.45, 2.75) is 13.8 Å². The van der Waals surface area contributed by atoms with Crippen LogP contribution in [-0.2, 0) is 4.79 Å². The van der Waals surface area contributed by atoms with Crippen molar-refractivity contribution < 1.29 is 14.5 Å². The molecule has 0 unspecified atom stereocenters. The Morgan fingerprint density at radius 3 is 2.39 bits per heavy atom. The van der Waals surface area contributed by atoms with Gasteiger partial charge in [0.1, 0.15) is 5.70 Å². The molecule has 9 nitrogen and oxygen atoms in total. The van der Waals surface area contributed by atoms with Crippen molar-refractivity contribution in [1.29, 1.82) is 0 Å². The van der Waals surface area contributed by atoms with E-state index < -0.39 is 16.7 Å². The molecule has 0 aliphatic rings. The molecule has 3 rings (SSSR count). The van der Waals surface area contributed by atoms with Crippen molar-refractivity contribution in [3.8, 4) is 0 Å². The largest absolute Gasteiger partial charge is 0.372 e. The summed E-state index contributed by atoms with van der Waals surface area (Å²) in [4.78, 5) is 38.8. The Morgan fingerprint density at radius 1 is 1.08 bits per heavy atom. The van der Waals surface area contributed by atoms with Crippen LogP contribution in [0.15, 0.2) is 71.5 Å². The lowest BCUT2D eigenvalue weighted by Gasteiger charge is -2.21. The minimum Gasteiger partial charge on any atom is -0.372 e. The third kappa shape index (κ3) is 7.00. The van der Waals surface area contributed by atoms with Crippen LogP contribution in [0.5, 0.6) is 0 Å². The number of hydrogen-bond donors (Lipinski definition) is 2. The molecule has 1 heterocycles. The number of rotatable bonds is 10. The Kier molecular flexibility index (Phi) is 9.32. The van der Waals surface area contributed by atoms with Crippen molar-refractivity contribution in [2.75, 3.05) is 18.0 Å². The maximum atomic E-state index is 12.9. The van der Waals surface area contributed by atoms with Crippen LogP contribution in [0.25, 0.3) is 6.08 Å². The van der Waals surface area contributed by atoms with Crippen LogP contribution < -0.4 is 15.6 Å². The first-order chi connectivity index (χ1) is 17.3. The van der Waals surface area contributed by atoms with E-state index in [1.807, 2.05) is 24.3 Å². The summed E-state index contributed by atoms with van der Waals surface area (Å²) in [7, 11) is 0. The van der Waals surface area contributed by atoms with Gasteiger partial charge >= 0.3 is 5.00 Å². The number of carbonyl (C=O) groups excluding carboxylic acids is 2. The quantitative estimate of drug-likeness (QED) is 0.166. The van der Waals surface area contributed by atoms with Crippen molar-refractivity contribution in [3.05, 3.63) is 97.5 Å². The SMILES string of the molecule is CCN(CC)c1ccc(/C=C(/NC(=O)c2ccccc2Cl)C(=O)N/N=C\c2ccc([N+](=O)[O-])s2)cc1. The summed E-state index contributed by atoms with van der Waals surface area (Å²) < 4.78 is 0. The van der Waals surface area contributed by atoms with Gasteiger partial charge in [0.05, 0.1) is 26.6 Å². The van der Waals surface area contributed by atoms with Gasteiger partial charge in [-0.05, 0) is 55.8 Å². The first-order valence-corrected chi connectivity index (χ1v) is 12.2. The second-order valence-corrected chi connectivity index (χ2v) is 8.89. The number of nitrogens with zero attached hydrogens (tertiary/aromatic N) is 3. The van der Waals surface area contributed by atoms with Gasteiger partial charge in [-0.2, -0.15) is 5.10 Å². The number of carbonyl (C=O) groups is 2. The molecule has 11 heteroatoms. The summed E-state index contributed by atoms with van der Waals surface area (Å²) in [6, 6.07) is 16.9. The normalized spacial score (nSPS) is 11.4. The highest BCUT2D eigenvalue weighted by atomic mass is 35.5. The minimum atomic E-state index is -0.675. The van der Waals surface area contributed by atoms with Crippen LogP contribution >= 0.6 is 22.9 Å². The number of anilines is 1. The highest BCUT2D eigenvalue weighted by Gasteiger charge is 2.16. The van der Waals surface area contributed by atoms with Crippen molar-refractivity contribution >= 4 is 57.7 Å². The zero-order valence-electron chi connectivity index (χ0n) is 19.6. The van der Waals surface area contributed by atoms with Crippen LogP contribution in [0.4, 0.5) is 10.7 Å². The highest BCUT2D eigenvalue weighted by molar-refractivity contribution is 7.16. The van der Waals surface area contributed by atoms with E-state index in [1.165, 1.54) is 24.4 Å². The fourth-order valence-electron chi connectivity index (χ4n) is 3.25. The molecule has 1 aromatic heterocycles. The van der Waals surface area contributed by atoms with Gasteiger partial charge in [0.15, 0.2) is 0 Å². The molecule has 186 valence electrons. The average molecular weight is 526 g/mol. The van der Waals surface area contributed by atoms with Gasteiger partial charge in [0, 0.05) is 24.8 Å². The van der Waals surface area contributed by atoms with E-state index in [0.717, 1.165) is 30.1 Å². The second kappa shape index (κ2) is 12.6. The third-order valence-electron chi connectivity index (χ3n) is 5.09. The first-order valence-electron chi connectivity index (χ1n) is 11.0. The molecule has 0 atom stereocenters. The summed E-state index contributed by atoms with van der Waals surface area (Å²) in [5, 5.41) is 17.5. The maximum absolute atomic E-state index is 12.9. The zero-order valence-corrected chi connectivity index (χ0v) is 21.2. The molecule has 0 radical (unpaired) electrons. The molecule has 3 aromatic rings. The summed E-state index contributed by atoms with van der Waals surface area (Å²) >= 11 is 7.05. The Morgan fingerprint density at radius 2 is 1.78 bits per heavy atom. The number of nitrogens with one attached hydrogen (secondary N) is 2. The Balaban J connectivity index is 1.83. The number of thiophene rings is 1. The van der Waals surface area contributed by atoms with Crippen molar-refractivity contribution in [1.82, 2.24) is 10.7 Å². The third-order valence-corrected chi connectivity index (χ3v) is 6.40. The molecule has 2 amide bonds. The molecule has 0 fully saturated rings. The van der Waals surface area contributed by atoms with E-state index in [0.29, 0.717) is 10.4 Å². The molecular formula is C25H24ClN5O4S. The summed E-state index contributed by atoms with van der Waals surface area (Å²) in [6.07, 6.45) is 2.82. The van der Waals surface area contributed by atoms with Crippen molar-refractivity contribution in [3.63, 3.8) is 0 Å². The summed E-state index contributed by atoms with van der Waals surface area (Å²) in [5.41, 5.74) is 4.24. The molecule has 0 saturated carbocycles. The van der Waals surface area contributed by atoms with Crippen LogP contribution in [0, 0.1) is 10.1 Å². The van der Waals surface area contributed by atoms with Crippen LogP contribution in [0.3, 0.4) is 0 Å². The minimum absolute atomic E-state index is 0.0384. The van der Waals surface area contributed by atoms with Gasteiger partial charge in [-0.1, -0.05) is 47.2 Å². The zero-order chi connectivity index (χ0) is 26.1. The number of benzene rings is 2. The molecular weight excluding hydrogens is 502 g/mol. The van der Waals surface area contributed by atoms with E-state index in [2.05, 4.69) is 34.6 Å². The predicted molar refractivity (Wildman–Crippen MR) is 144 cm³/mol. The van der Waals surface area contributed by atoms with Gasteiger partial charge in [0.2, 0.25) is 0 Å². The van der Waals surface area contributed by atoms with E-state index in [4.69, 9.17) is 11.6 Å². The molecule has 0 saturated heterocycles. The van der Waals surface area contributed by atoms with E-state index in [9.17, 15) is 19.7 Å². The van der Waals surface area contributed by atoms with Gasteiger partial charge < -0.3 is 10.2 Å². The molecule has 2 N–H and O–H groups in total. The highest BCUT2D eigenvalue weighted by Crippen LogP contribution is 2.22. The van der Waals surface area contributed by atoms with Gasteiger partial charge in [-0.25, -0.2) is 5.43 Å². The van der Waals surface area contributed by atoms with Crippen LogP contribution in [-0.4, -0.2) is 36.0 Å². The molecule has 0 aliphatic heterocycles. The Labute approximate surface area is 217 Å². The van der Waals surface area contributed by atoms with Crippen LogP contribution in [0.1, 0.15) is 34.6 Å². The summed E-state index contributed by atoms with van der Waals surface area (Å²) in [5.74, 6) is -1.23. The molecule has 36 heavy (non-hydrogen) atoms. The van der Waals surface area contributed by atoms with E-state index in [-0.39, 0.29) is 21.3 Å². The number of hydrogen-bond acceptors (Lipinski definition) is 7. The predicted octanol–water partition coefficient (Wildman–Crippen LogP) is 5.08. The topological polar surface area (TPSA) is 117 Å². The second-order valence-electron chi connectivity index (χ2n) is 7.39. The van der Waals surface area contributed by atoms with Gasteiger partial charge in [-0.15, -0.1) is 0 Å². The molecule has 2 aromatic carbocycles. The average Bonchev–Trinajstić information content (AvgIpc) is 3.35. The lowest BCUT2D eigenvalue weighted by Crippen LogP contribution is -2.33. The van der Waals surface area contributed by atoms with E-state index in [1.54, 1.807) is 24.3 Å². The van der Waals surface area contributed by atoms with Crippen LogP contribution in [0.2, 0.25) is 5.02 Å². The number of amides is 2. The lowest BCUT2D eigenvalue weighted by atomic mass is 10.1. The lowest BCUT2D eigenvalue weighted by molar-refractivity contribution is -0.380. The summed E-state index contributed by atoms with van der Waals surface area (Å²) in [6.45, 7) is 5.86. The molecule has 0 spiro atoms. The number of nitro groups is 1. The first kappa shape index (κ1) is 26.6.